The van der Waals surface area contributed by atoms with Crippen LogP contribution in [0.2, 0.25) is 0 Å². The van der Waals surface area contributed by atoms with Gasteiger partial charge < -0.3 is 4.74 Å². The molecule has 0 atom stereocenters. The Balaban J connectivity index is 1.82. The third-order valence-corrected chi connectivity index (χ3v) is 5.81. The van der Waals surface area contributed by atoms with Gasteiger partial charge in [-0.05, 0) is 36.6 Å². The number of hydrogen-bond donors (Lipinski definition) is 0. The van der Waals surface area contributed by atoms with E-state index in [1.54, 1.807) is 11.6 Å². The van der Waals surface area contributed by atoms with Crippen molar-refractivity contribution in [3.8, 4) is 0 Å². The molecular formula is C13H23N5O4S. The Kier molecular flexibility index (Phi) is 6.05. The van der Waals surface area contributed by atoms with Crippen LogP contribution in [0.5, 0.6) is 0 Å². The number of hydrogen-bond acceptors (Lipinski definition) is 7. The molecule has 2 rings (SSSR count). The van der Waals surface area contributed by atoms with Gasteiger partial charge in [0.2, 0.25) is 10.0 Å². The summed E-state index contributed by atoms with van der Waals surface area (Å²) in [4.78, 5) is 12.1. The number of carbonyl (C=O) groups excluding carboxylic acids is 1. The summed E-state index contributed by atoms with van der Waals surface area (Å²) in [7, 11) is -3.18. The van der Waals surface area contributed by atoms with Gasteiger partial charge in [-0.15, -0.1) is 5.10 Å². The van der Waals surface area contributed by atoms with Crippen LogP contribution >= 0.6 is 0 Å². The lowest BCUT2D eigenvalue weighted by Crippen LogP contribution is -2.41. The summed E-state index contributed by atoms with van der Waals surface area (Å²) in [5.41, 5.74) is 0. The van der Waals surface area contributed by atoms with Crippen LogP contribution in [0, 0.1) is 5.92 Å². The second-order valence-electron chi connectivity index (χ2n) is 5.50. The minimum Gasteiger partial charge on any atom is -0.457 e. The lowest BCUT2D eigenvalue weighted by Gasteiger charge is -2.29. The van der Waals surface area contributed by atoms with Crippen molar-refractivity contribution in [1.29, 1.82) is 0 Å². The van der Waals surface area contributed by atoms with Crippen LogP contribution in [-0.2, 0) is 32.7 Å². The van der Waals surface area contributed by atoms with E-state index >= 15 is 0 Å². The Morgan fingerprint density at radius 2 is 2.00 bits per heavy atom. The van der Waals surface area contributed by atoms with Crippen LogP contribution in [0.25, 0.3) is 0 Å². The van der Waals surface area contributed by atoms with E-state index in [9.17, 15) is 13.2 Å². The fourth-order valence-corrected chi connectivity index (χ4v) is 3.65. The highest BCUT2D eigenvalue weighted by Crippen LogP contribution is 2.21. The average molecular weight is 345 g/mol. The number of tetrazole rings is 1. The highest BCUT2D eigenvalue weighted by atomic mass is 32.2. The average Bonchev–Trinajstić information content (AvgIpc) is 3.00. The molecule has 1 aromatic rings. The van der Waals surface area contributed by atoms with E-state index in [0.717, 1.165) is 6.42 Å². The lowest BCUT2D eigenvalue weighted by molar-refractivity contribution is -0.151. The standard InChI is InChI=1S/C13H23N5O4S/c1-3-7-18-12(14-15-16-18)10-22-13(19)11-5-8-17(9-6-11)23(20,21)4-2/h11H,3-10H2,1-2H3. The molecule has 0 amide bonds. The monoisotopic (exact) mass is 345 g/mol. The zero-order valence-electron chi connectivity index (χ0n) is 13.5. The molecule has 1 saturated heterocycles. The smallest absolute Gasteiger partial charge is 0.309 e. The molecule has 1 aliphatic heterocycles. The van der Waals surface area contributed by atoms with Gasteiger partial charge in [0.25, 0.3) is 0 Å². The molecule has 1 aliphatic rings. The van der Waals surface area contributed by atoms with E-state index in [1.807, 2.05) is 6.92 Å². The summed E-state index contributed by atoms with van der Waals surface area (Å²) in [5, 5.41) is 11.3. The molecule has 9 nitrogen and oxygen atoms in total. The topological polar surface area (TPSA) is 107 Å². The molecule has 0 radical (unpaired) electrons. The van der Waals surface area contributed by atoms with Crippen molar-refractivity contribution >= 4 is 16.0 Å². The Morgan fingerprint density at radius 3 is 2.61 bits per heavy atom. The first-order valence-electron chi connectivity index (χ1n) is 7.87. The van der Waals surface area contributed by atoms with Crippen molar-refractivity contribution in [3.05, 3.63) is 5.82 Å². The van der Waals surface area contributed by atoms with E-state index < -0.39 is 10.0 Å². The molecule has 0 spiro atoms. The summed E-state index contributed by atoms with van der Waals surface area (Å²) in [6.07, 6.45) is 1.85. The number of sulfonamides is 1. The minimum absolute atomic E-state index is 0.0410. The molecular weight excluding hydrogens is 322 g/mol. The van der Waals surface area contributed by atoms with E-state index in [2.05, 4.69) is 15.5 Å². The SMILES string of the molecule is CCCn1nnnc1COC(=O)C1CCN(S(=O)(=O)CC)CC1. The number of piperidine rings is 1. The van der Waals surface area contributed by atoms with Gasteiger partial charge in [-0.3, -0.25) is 4.79 Å². The number of ether oxygens (including phenoxy) is 1. The molecule has 2 heterocycles. The summed E-state index contributed by atoms with van der Waals surface area (Å²) in [5.74, 6) is 0.0203. The first-order chi connectivity index (χ1) is 11.0. The number of carbonyl (C=O) groups is 1. The molecule has 1 aromatic heterocycles. The van der Waals surface area contributed by atoms with Crippen molar-refractivity contribution in [2.75, 3.05) is 18.8 Å². The second kappa shape index (κ2) is 7.82. The molecule has 10 heteroatoms. The molecule has 130 valence electrons. The van der Waals surface area contributed by atoms with Gasteiger partial charge in [-0.25, -0.2) is 17.4 Å². The van der Waals surface area contributed by atoms with Crippen molar-refractivity contribution < 1.29 is 17.9 Å². The summed E-state index contributed by atoms with van der Waals surface area (Å²) >= 11 is 0. The van der Waals surface area contributed by atoms with Crippen molar-refractivity contribution in [3.63, 3.8) is 0 Å². The van der Waals surface area contributed by atoms with Crippen LogP contribution in [0.3, 0.4) is 0 Å². The van der Waals surface area contributed by atoms with Gasteiger partial charge in [0.05, 0.1) is 11.7 Å². The van der Waals surface area contributed by atoms with E-state index in [1.165, 1.54) is 4.31 Å². The Bertz CT molecular complexity index is 622. The van der Waals surface area contributed by atoms with E-state index in [-0.39, 0.29) is 24.2 Å². The zero-order chi connectivity index (χ0) is 16.9. The van der Waals surface area contributed by atoms with Crippen LogP contribution < -0.4 is 0 Å². The van der Waals surface area contributed by atoms with Crippen LogP contribution in [0.1, 0.15) is 38.9 Å². The molecule has 0 bridgehead atoms. The van der Waals surface area contributed by atoms with Gasteiger partial charge >= 0.3 is 5.97 Å². The predicted molar refractivity (Wildman–Crippen MR) is 81.7 cm³/mol. The molecule has 0 aromatic carbocycles. The fourth-order valence-electron chi connectivity index (χ4n) is 2.52. The second-order valence-corrected chi connectivity index (χ2v) is 7.76. The molecule has 0 unspecified atom stereocenters. The van der Waals surface area contributed by atoms with E-state index in [4.69, 9.17) is 4.74 Å². The van der Waals surface area contributed by atoms with Gasteiger partial charge in [-0.1, -0.05) is 6.92 Å². The van der Waals surface area contributed by atoms with Crippen molar-refractivity contribution in [2.24, 2.45) is 5.92 Å². The number of esters is 1. The van der Waals surface area contributed by atoms with Crippen LogP contribution in [-0.4, -0.2) is 57.7 Å². The first-order valence-corrected chi connectivity index (χ1v) is 9.48. The largest absolute Gasteiger partial charge is 0.457 e. The van der Waals surface area contributed by atoms with Gasteiger partial charge in [-0.2, -0.15) is 0 Å². The minimum atomic E-state index is -3.18. The van der Waals surface area contributed by atoms with Crippen LogP contribution in [0.15, 0.2) is 0 Å². The summed E-state index contributed by atoms with van der Waals surface area (Å²) < 4.78 is 31.9. The number of aromatic nitrogens is 4. The summed E-state index contributed by atoms with van der Waals surface area (Å²) in [6, 6.07) is 0. The number of nitrogens with zero attached hydrogens (tertiary/aromatic N) is 5. The number of rotatable bonds is 7. The summed E-state index contributed by atoms with van der Waals surface area (Å²) in [6.45, 7) is 5.07. The number of aryl methyl sites for hydroxylation is 1. The third-order valence-electron chi connectivity index (χ3n) is 3.93. The van der Waals surface area contributed by atoms with Crippen molar-refractivity contribution in [1.82, 2.24) is 24.5 Å². The van der Waals surface area contributed by atoms with Gasteiger partial charge in [0, 0.05) is 19.6 Å². The van der Waals surface area contributed by atoms with Gasteiger partial charge in [0.1, 0.15) is 0 Å². The van der Waals surface area contributed by atoms with Gasteiger partial charge in [0.15, 0.2) is 12.4 Å². The Hall–Kier alpha value is -1.55. The quantitative estimate of drug-likeness (QED) is 0.649. The zero-order valence-corrected chi connectivity index (χ0v) is 14.3. The Labute approximate surface area is 136 Å². The lowest BCUT2D eigenvalue weighted by atomic mass is 9.98. The third kappa shape index (κ3) is 4.47. The fraction of sp³-hybridized carbons (Fsp3) is 0.846. The molecule has 1 fully saturated rings. The highest BCUT2D eigenvalue weighted by molar-refractivity contribution is 7.89. The molecule has 0 N–H and O–H groups in total. The molecule has 0 saturated carbocycles. The van der Waals surface area contributed by atoms with Crippen molar-refractivity contribution in [2.45, 2.75) is 46.3 Å². The maximum Gasteiger partial charge on any atom is 0.309 e. The Morgan fingerprint density at radius 1 is 1.30 bits per heavy atom. The first kappa shape index (κ1) is 17.8. The molecule has 23 heavy (non-hydrogen) atoms. The van der Waals surface area contributed by atoms with Crippen LogP contribution in [0.4, 0.5) is 0 Å². The highest BCUT2D eigenvalue weighted by Gasteiger charge is 2.31. The predicted octanol–water partition coefficient (Wildman–Crippen LogP) is 0.188. The normalized spacial score (nSPS) is 17.3. The molecule has 0 aliphatic carbocycles. The maximum absolute atomic E-state index is 12.1. The maximum atomic E-state index is 12.1. The van der Waals surface area contributed by atoms with E-state index in [0.29, 0.717) is 38.3 Å².